The average Bonchev–Trinajstić information content (AvgIpc) is 3.42. The molecule has 0 saturated heterocycles. The summed E-state index contributed by atoms with van der Waals surface area (Å²) >= 11 is 0.825. The Balaban J connectivity index is 2.04. The molecule has 1 fully saturated rings. The molecular weight excluding hydrogens is 438 g/mol. The van der Waals surface area contributed by atoms with Gasteiger partial charge in [0.15, 0.2) is 5.69 Å². The number of rotatable bonds is 9. The topological polar surface area (TPSA) is 131 Å². The third kappa shape index (κ3) is 5.71. The summed E-state index contributed by atoms with van der Waals surface area (Å²) in [4.78, 5) is 40.5. The molecule has 2 aromatic rings. The summed E-state index contributed by atoms with van der Waals surface area (Å²) in [5, 5.41) is 3.15. The number of hydrogen-bond donors (Lipinski definition) is 3. The highest BCUT2D eigenvalue weighted by Gasteiger charge is 2.36. The first-order valence-corrected chi connectivity index (χ1v) is 12.3. The van der Waals surface area contributed by atoms with Crippen LogP contribution in [0.5, 0.6) is 0 Å². The first-order valence-electron chi connectivity index (χ1n) is 11.5. The van der Waals surface area contributed by atoms with Gasteiger partial charge in [-0.25, -0.2) is 0 Å². The predicted octanol–water partition coefficient (Wildman–Crippen LogP) is 3.51. The Morgan fingerprint density at radius 2 is 1.82 bits per heavy atom. The normalized spacial score (nSPS) is 14.9. The van der Waals surface area contributed by atoms with Crippen LogP contribution in [0.1, 0.15) is 78.6 Å². The first-order chi connectivity index (χ1) is 15.7. The molecule has 3 rings (SSSR count). The fourth-order valence-corrected chi connectivity index (χ4v) is 4.96. The zero-order valence-electron chi connectivity index (χ0n) is 19.5. The molecule has 3 amide bonds. The Kier molecular flexibility index (Phi) is 8.07. The monoisotopic (exact) mass is 471 g/mol. The van der Waals surface area contributed by atoms with Crippen LogP contribution in [0.3, 0.4) is 0 Å². The number of amides is 3. The van der Waals surface area contributed by atoms with Gasteiger partial charge in [-0.05, 0) is 60.8 Å². The molecule has 1 atom stereocenters. The van der Waals surface area contributed by atoms with Gasteiger partial charge in [-0.1, -0.05) is 45.7 Å². The number of hydrogen-bond acceptors (Lipinski definition) is 6. The fraction of sp³-hybridized carbons (Fsp3) is 0.500. The minimum atomic E-state index is -0.792. The van der Waals surface area contributed by atoms with Gasteiger partial charge in [-0.15, -0.1) is 0 Å². The summed E-state index contributed by atoms with van der Waals surface area (Å²) in [5.41, 5.74) is 13.0. The molecule has 33 heavy (non-hydrogen) atoms. The lowest BCUT2D eigenvalue weighted by Crippen LogP contribution is -2.52. The second-order valence-electron chi connectivity index (χ2n) is 8.97. The second kappa shape index (κ2) is 10.8. The van der Waals surface area contributed by atoms with Crippen LogP contribution in [-0.2, 0) is 11.2 Å². The van der Waals surface area contributed by atoms with E-state index in [-0.39, 0.29) is 34.1 Å². The highest BCUT2D eigenvalue weighted by Crippen LogP contribution is 2.30. The molecule has 1 unspecified atom stereocenters. The number of carbonyl (C=O) groups excluding carboxylic acids is 3. The van der Waals surface area contributed by atoms with E-state index in [4.69, 9.17) is 11.5 Å². The summed E-state index contributed by atoms with van der Waals surface area (Å²) in [7, 11) is 0. The van der Waals surface area contributed by atoms with Gasteiger partial charge in [-0.2, -0.15) is 4.37 Å². The number of primary amides is 1. The van der Waals surface area contributed by atoms with Gasteiger partial charge >= 0.3 is 0 Å². The number of aromatic nitrogens is 1. The van der Waals surface area contributed by atoms with E-state index in [1.807, 2.05) is 38.1 Å². The third-order valence-electron chi connectivity index (χ3n) is 6.01. The number of aryl methyl sites for hydroxylation is 1. The van der Waals surface area contributed by atoms with Crippen molar-refractivity contribution in [1.29, 1.82) is 0 Å². The SMILES string of the molecule is CCc1ccc(N(C(=O)c2snc(C(N)=O)c2N)C(CC(C)C)C(=O)NC2CCCC2)cc1. The van der Waals surface area contributed by atoms with Gasteiger partial charge in [0.2, 0.25) is 5.91 Å². The van der Waals surface area contributed by atoms with Crippen molar-refractivity contribution in [2.45, 2.75) is 71.4 Å². The van der Waals surface area contributed by atoms with Crippen LogP contribution in [0, 0.1) is 5.92 Å². The zero-order valence-corrected chi connectivity index (χ0v) is 20.3. The lowest BCUT2D eigenvalue weighted by Gasteiger charge is -2.33. The van der Waals surface area contributed by atoms with E-state index in [2.05, 4.69) is 16.6 Å². The Bertz CT molecular complexity index is 996. The number of nitrogens with one attached hydrogen (secondary N) is 1. The maximum absolute atomic E-state index is 13.8. The molecule has 5 N–H and O–H groups in total. The molecule has 0 aliphatic heterocycles. The number of nitrogens with zero attached hydrogens (tertiary/aromatic N) is 2. The number of carbonyl (C=O) groups is 3. The van der Waals surface area contributed by atoms with Crippen molar-refractivity contribution in [3.63, 3.8) is 0 Å². The number of benzene rings is 1. The molecule has 0 bridgehead atoms. The number of anilines is 2. The van der Waals surface area contributed by atoms with E-state index in [1.165, 1.54) is 4.90 Å². The highest BCUT2D eigenvalue weighted by molar-refractivity contribution is 7.09. The minimum absolute atomic E-state index is 0.0489. The van der Waals surface area contributed by atoms with Crippen LogP contribution in [0.2, 0.25) is 0 Å². The molecule has 1 saturated carbocycles. The Morgan fingerprint density at radius 3 is 2.33 bits per heavy atom. The molecule has 1 aliphatic carbocycles. The van der Waals surface area contributed by atoms with Gasteiger partial charge in [0.05, 0.1) is 5.69 Å². The predicted molar refractivity (Wildman–Crippen MR) is 131 cm³/mol. The van der Waals surface area contributed by atoms with Gasteiger partial charge < -0.3 is 16.8 Å². The van der Waals surface area contributed by atoms with Crippen molar-refractivity contribution in [3.05, 3.63) is 40.4 Å². The van der Waals surface area contributed by atoms with Crippen molar-refractivity contribution in [3.8, 4) is 0 Å². The summed E-state index contributed by atoms with van der Waals surface area (Å²) in [6, 6.07) is 6.98. The second-order valence-corrected chi connectivity index (χ2v) is 9.74. The molecule has 0 radical (unpaired) electrons. The van der Waals surface area contributed by atoms with Crippen LogP contribution in [0.25, 0.3) is 0 Å². The van der Waals surface area contributed by atoms with Gasteiger partial charge in [0.1, 0.15) is 10.9 Å². The fourth-order valence-electron chi connectivity index (χ4n) is 4.21. The lowest BCUT2D eigenvalue weighted by molar-refractivity contribution is -0.123. The summed E-state index contributed by atoms with van der Waals surface area (Å²) in [6.45, 7) is 6.09. The van der Waals surface area contributed by atoms with Crippen LogP contribution in [0.4, 0.5) is 11.4 Å². The lowest BCUT2D eigenvalue weighted by atomic mass is 9.99. The molecule has 1 aromatic carbocycles. The molecule has 0 spiro atoms. The highest BCUT2D eigenvalue weighted by atomic mass is 32.1. The van der Waals surface area contributed by atoms with Crippen LogP contribution in [-0.4, -0.2) is 34.2 Å². The minimum Gasteiger partial charge on any atom is -0.395 e. The van der Waals surface area contributed by atoms with Gasteiger partial charge in [0.25, 0.3) is 11.8 Å². The molecule has 1 aromatic heterocycles. The molecule has 1 aliphatic rings. The molecule has 178 valence electrons. The quantitative estimate of drug-likeness (QED) is 0.515. The number of nitrogen functional groups attached to an aromatic ring is 1. The maximum Gasteiger partial charge on any atom is 0.272 e. The van der Waals surface area contributed by atoms with E-state index < -0.39 is 17.9 Å². The van der Waals surface area contributed by atoms with Crippen molar-refractivity contribution in [1.82, 2.24) is 9.69 Å². The largest absolute Gasteiger partial charge is 0.395 e. The van der Waals surface area contributed by atoms with Crippen LogP contribution < -0.4 is 21.7 Å². The van der Waals surface area contributed by atoms with E-state index in [1.54, 1.807) is 0 Å². The first kappa shape index (κ1) is 24.7. The average molecular weight is 472 g/mol. The van der Waals surface area contributed by atoms with Crippen LogP contribution >= 0.6 is 11.5 Å². The van der Waals surface area contributed by atoms with Crippen molar-refractivity contribution in [2.24, 2.45) is 11.7 Å². The van der Waals surface area contributed by atoms with E-state index in [0.717, 1.165) is 49.2 Å². The molecule has 1 heterocycles. The van der Waals surface area contributed by atoms with Gasteiger partial charge in [0, 0.05) is 11.7 Å². The molecular formula is C24H33N5O3S. The van der Waals surface area contributed by atoms with Crippen molar-refractivity contribution < 1.29 is 14.4 Å². The number of nitrogens with two attached hydrogens (primary N) is 2. The third-order valence-corrected chi connectivity index (χ3v) is 6.86. The van der Waals surface area contributed by atoms with E-state index in [9.17, 15) is 14.4 Å². The smallest absolute Gasteiger partial charge is 0.272 e. The standard InChI is InChI=1S/C24H33N5O3S/c1-4-15-9-11-17(12-10-15)29(24(32)21-19(25)20(22(26)30)28-33-21)18(13-14(2)3)23(31)27-16-7-5-6-8-16/h9-12,14,16,18H,4-8,13,25H2,1-3H3,(H2,26,30)(H,27,31). The molecule has 9 heteroatoms. The van der Waals surface area contributed by atoms with Gasteiger partial charge in [-0.3, -0.25) is 19.3 Å². The summed E-state index contributed by atoms with van der Waals surface area (Å²) in [5.74, 6) is -1.27. The Labute approximate surface area is 198 Å². The van der Waals surface area contributed by atoms with E-state index in [0.29, 0.717) is 12.1 Å². The molecule has 8 nitrogen and oxygen atoms in total. The van der Waals surface area contributed by atoms with Crippen molar-refractivity contribution >= 4 is 40.6 Å². The summed E-state index contributed by atoms with van der Waals surface area (Å²) < 4.78 is 3.98. The Morgan fingerprint density at radius 1 is 1.18 bits per heavy atom. The van der Waals surface area contributed by atoms with Crippen LogP contribution in [0.15, 0.2) is 24.3 Å². The Hall–Kier alpha value is -2.94. The van der Waals surface area contributed by atoms with E-state index >= 15 is 0 Å². The van der Waals surface area contributed by atoms with Crippen molar-refractivity contribution in [2.75, 3.05) is 10.6 Å². The maximum atomic E-state index is 13.8. The zero-order chi connectivity index (χ0) is 24.1. The summed E-state index contributed by atoms with van der Waals surface area (Å²) in [6.07, 6.45) is 5.41.